The quantitative estimate of drug-likeness (QED) is 0.491. The van der Waals surface area contributed by atoms with Crippen molar-refractivity contribution in [3.8, 4) is 0 Å². The van der Waals surface area contributed by atoms with Crippen molar-refractivity contribution in [2.24, 2.45) is 0 Å². The zero-order chi connectivity index (χ0) is 18.8. The number of nitrogens with one attached hydrogen (secondary N) is 1. The molecule has 0 bridgehead atoms. The number of hydrogen-bond donors (Lipinski definition) is 2. The smallest absolute Gasteiger partial charge is 0.168 e. The minimum absolute atomic E-state index is 0.00728. The number of Topliss-reactive ketones (excluding diaryl/α,β-unsaturated/α-hetero) is 1. The zero-order valence-electron chi connectivity index (χ0n) is 15.0. The van der Waals surface area contributed by atoms with Gasteiger partial charge in [-0.3, -0.25) is 4.79 Å². The first-order chi connectivity index (χ1) is 13.1. The number of aliphatic hydroxyl groups excluding tert-OH is 1. The van der Waals surface area contributed by atoms with E-state index in [1.165, 1.54) is 0 Å². The van der Waals surface area contributed by atoms with Crippen LogP contribution in [0, 0.1) is 5.41 Å². The van der Waals surface area contributed by atoms with Crippen molar-refractivity contribution in [1.82, 2.24) is 0 Å². The highest BCUT2D eigenvalue weighted by atomic mass is 16.3. The maximum absolute atomic E-state index is 12.7. The summed E-state index contributed by atoms with van der Waals surface area (Å²) in [6, 6.07) is 23.8. The van der Waals surface area contributed by atoms with Gasteiger partial charge in [0.25, 0.3) is 0 Å². The summed E-state index contributed by atoms with van der Waals surface area (Å²) >= 11 is 0. The minimum Gasteiger partial charge on any atom is -0.511 e. The van der Waals surface area contributed by atoms with Crippen LogP contribution in [0.1, 0.15) is 29.9 Å². The summed E-state index contributed by atoms with van der Waals surface area (Å²) in [4.78, 5) is 12.7. The van der Waals surface area contributed by atoms with Crippen LogP contribution in [0.4, 0.5) is 0 Å². The summed E-state index contributed by atoms with van der Waals surface area (Å²) in [5.74, 6) is -0.119. The molecule has 0 spiro atoms. The number of fused-ring (bicyclic) bond motifs is 1. The lowest BCUT2D eigenvalue weighted by Gasteiger charge is -2.25. The molecule has 1 aliphatic rings. The van der Waals surface area contributed by atoms with Gasteiger partial charge >= 0.3 is 0 Å². The average Bonchev–Trinajstić information content (AvgIpc) is 2.68. The van der Waals surface area contributed by atoms with Crippen LogP contribution in [0.3, 0.4) is 0 Å². The van der Waals surface area contributed by atoms with Gasteiger partial charge in [0.15, 0.2) is 5.78 Å². The van der Waals surface area contributed by atoms with Gasteiger partial charge in [-0.15, -0.1) is 0 Å². The molecule has 0 radical (unpaired) electrons. The summed E-state index contributed by atoms with van der Waals surface area (Å²) in [6.45, 7) is 0. The topological polar surface area (TPSA) is 61.2 Å². The molecule has 1 unspecified atom stereocenters. The molecule has 3 aromatic rings. The Balaban J connectivity index is 1.63. The molecule has 1 saturated carbocycles. The molecule has 0 saturated heterocycles. The molecular formula is C24H21NO2. The molecule has 0 aromatic heterocycles. The number of ketones is 1. The molecular weight excluding hydrogens is 334 g/mol. The number of hydrogen-bond acceptors (Lipinski definition) is 3. The molecule has 134 valence electrons. The molecule has 0 heterocycles. The van der Waals surface area contributed by atoms with Crippen LogP contribution in [0.25, 0.3) is 10.8 Å². The second kappa shape index (κ2) is 7.20. The molecule has 2 N–H and O–H groups in total. The Morgan fingerprint density at radius 3 is 2.41 bits per heavy atom. The third-order valence-electron chi connectivity index (χ3n) is 5.26. The maximum atomic E-state index is 12.7. The van der Waals surface area contributed by atoms with Crippen LogP contribution in [0.15, 0.2) is 84.1 Å². The maximum Gasteiger partial charge on any atom is 0.168 e. The van der Waals surface area contributed by atoms with E-state index in [2.05, 4.69) is 0 Å². The van der Waals surface area contributed by atoms with Crippen molar-refractivity contribution in [2.75, 3.05) is 0 Å². The van der Waals surface area contributed by atoms with Crippen LogP contribution in [0.2, 0.25) is 0 Å². The van der Waals surface area contributed by atoms with Gasteiger partial charge in [0.2, 0.25) is 0 Å². The number of rotatable bonds is 3. The van der Waals surface area contributed by atoms with Gasteiger partial charge in [-0.1, -0.05) is 72.8 Å². The van der Waals surface area contributed by atoms with E-state index in [0.717, 1.165) is 21.9 Å². The number of carbonyl (C=O) groups excluding carboxylic acids is 1. The Kier molecular flexibility index (Phi) is 4.59. The summed E-state index contributed by atoms with van der Waals surface area (Å²) in [5.41, 5.74) is 2.47. The number of carbonyl (C=O) groups is 1. The van der Waals surface area contributed by atoms with Crippen LogP contribution in [-0.4, -0.2) is 16.6 Å². The van der Waals surface area contributed by atoms with Crippen LogP contribution in [0.5, 0.6) is 0 Å². The predicted molar refractivity (Wildman–Crippen MR) is 108 cm³/mol. The first-order valence-corrected chi connectivity index (χ1v) is 9.18. The van der Waals surface area contributed by atoms with E-state index in [1.54, 1.807) is 0 Å². The number of aliphatic hydroxyl groups is 1. The van der Waals surface area contributed by atoms with Gasteiger partial charge in [-0.2, -0.15) is 0 Å². The highest BCUT2D eigenvalue weighted by Crippen LogP contribution is 2.33. The molecule has 1 fully saturated rings. The van der Waals surface area contributed by atoms with E-state index in [-0.39, 0.29) is 35.2 Å². The van der Waals surface area contributed by atoms with Gasteiger partial charge in [0, 0.05) is 18.6 Å². The zero-order valence-corrected chi connectivity index (χ0v) is 15.0. The SMILES string of the molecule is N=C1CC(c2ccccc2)CC(=O)/C1=C(/O)Cc1cccc2ccccc12. The summed E-state index contributed by atoms with van der Waals surface area (Å²) in [6.07, 6.45) is 1.08. The predicted octanol–water partition coefficient (Wildman–Crippen LogP) is 5.36. The van der Waals surface area contributed by atoms with Crippen molar-refractivity contribution in [1.29, 1.82) is 5.41 Å². The van der Waals surface area contributed by atoms with Crippen molar-refractivity contribution in [3.05, 3.63) is 95.3 Å². The van der Waals surface area contributed by atoms with Gasteiger partial charge in [-0.25, -0.2) is 0 Å². The van der Waals surface area contributed by atoms with Crippen molar-refractivity contribution in [3.63, 3.8) is 0 Å². The lowest BCUT2D eigenvalue weighted by atomic mass is 9.78. The lowest BCUT2D eigenvalue weighted by molar-refractivity contribution is -0.115. The highest BCUT2D eigenvalue weighted by Gasteiger charge is 2.31. The first-order valence-electron chi connectivity index (χ1n) is 9.18. The number of allylic oxidation sites excluding steroid dienone is 2. The van der Waals surface area contributed by atoms with E-state index >= 15 is 0 Å². The Morgan fingerprint density at radius 2 is 1.63 bits per heavy atom. The molecule has 0 amide bonds. The second-order valence-corrected chi connectivity index (χ2v) is 7.05. The second-order valence-electron chi connectivity index (χ2n) is 7.05. The van der Waals surface area contributed by atoms with Crippen molar-refractivity contribution >= 4 is 22.3 Å². The summed E-state index contributed by atoms with van der Waals surface area (Å²) in [7, 11) is 0. The lowest BCUT2D eigenvalue weighted by Crippen LogP contribution is -2.26. The summed E-state index contributed by atoms with van der Waals surface area (Å²) < 4.78 is 0. The minimum atomic E-state index is -0.141. The normalized spacial score (nSPS) is 19.3. The fraction of sp³-hybridized carbons (Fsp3) is 0.167. The van der Waals surface area contributed by atoms with Crippen LogP contribution < -0.4 is 0 Å². The average molecular weight is 355 g/mol. The van der Waals surface area contributed by atoms with E-state index in [9.17, 15) is 9.90 Å². The Bertz CT molecular complexity index is 1020. The standard InChI is InChI=1S/C24H21NO2/c25-21-13-19(16-7-2-1-3-8-16)15-23(27)24(21)22(26)14-18-11-6-10-17-9-4-5-12-20(17)18/h1-12,19,25-26H,13-15H2/b24-22+,25-21?. The molecule has 27 heavy (non-hydrogen) atoms. The molecule has 3 heteroatoms. The Morgan fingerprint density at radius 1 is 0.926 bits per heavy atom. The van der Waals surface area contributed by atoms with Crippen LogP contribution >= 0.6 is 0 Å². The molecule has 1 atom stereocenters. The molecule has 1 aliphatic carbocycles. The van der Waals surface area contributed by atoms with Gasteiger partial charge in [0.05, 0.1) is 5.57 Å². The Labute approximate surface area is 158 Å². The van der Waals surface area contributed by atoms with Crippen molar-refractivity contribution < 1.29 is 9.90 Å². The molecule has 3 aromatic carbocycles. The van der Waals surface area contributed by atoms with Crippen molar-refractivity contribution in [2.45, 2.75) is 25.2 Å². The fourth-order valence-corrected chi connectivity index (χ4v) is 3.93. The van der Waals surface area contributed by atoms with Crippen LogP contribution in [-0.2, 0) is 11.2 Å². The van der Waals surface area contributed by atoms with E-state index < -0.39 is 0 Å². The third-order valence-corrected chi connectivity index (χ3v) is 5.26. The largest absolute Gasteiger partial charge is 0.511 e. The number of benzene rings is 3. The van der Waals surface area contributed by atoms with E-state index in [4.69, 9.17) is 5.41 Å². The van der Waals surface area contributed by atoms with E-state index in [1.807, 2.05) is 72.8 Å². The first kappa shape index (κ1) is 17.2. The molecule has 0 aliphatic heterocycles. The Hall–Kier alpha value is -3.20. The van der Waals surface area contributed by atoms with Gasteiger partial charge in [0.1, 0.15) is 5.76 Å². The van der Waals surface area contributed by atoms with Gasteiger partial charge < -0.3 is 10.5 Å². The monoisotopic (exact) mass is 355 g/mol. The molecule has 3 nitrogen and oxygen atoms in total. The summed E-state index contributed by atoms with van der Waals surface area (Å²) in [5, 5.41) is 21.2. The molecule has 4 rings (SSSR count). The highest BCUT2D eigenvalue weighted by molar-refractivity contribution is 6.23. The van der Waals surface area contributed by atoms with Gasteiger partial charge in [-0.05, 0) is 34.2 Å². The third kappa shape index (κ3) is 3.41. The van der Waals surface area contributed by atoms with E-state index in [0.29, 0.717) is 12.8 Å². The fourth-order valence-electron chi connectivity index (χ4n) is 3.93.